The summed E-state index contributed by atoms with van der Waals surface area (Å²) in [5, 5.41) is 0. The Morgan fingerprint density at radius 2 is 1.89 bits per heavy atom. The second-order valence-corrected chi connectivity index (χ2v) is 4.62. The highest BCUT2D eigenvalue weighted by Crippen LogP contribution is 2.20. The first-order valence-electron chi connectivity index (χ1n) is 6.17. The summed E-state index contributed by atoms with van der Waals surface area (Å²) < 4.78 is 61.1. The summed E-state index contributed by atoms with van der Waals surface area (Å²) in [5.41, 5.74) is -1.21. The highest BCUT2D eigenvalue weighted by molar-refractivity contribution is 6.73. The lowest BCUT2D eigenvalue weighted by atomic mass is 9.80. The van der Waals surface area contributed by atoms with Gasteiger partial charge in [-0.2, -0.15) is 0 Å². The van der Waals surface area contributed by atoms with Crippen molar-refractivity contribution < 1.29 is 26.8 Å². The van der Waals surface area contributed by atoms with Gasteiger partial charge in [-0.3, -0.25) is 0 Å². The number of rotatable bonds is 4. The third-order valence-electron chi connectivity index (χ3n) is 3.15. The lowest BCUT2D eigenvalue weighted by Gasteiger charge is -2.22. The highest BCUT2D eigenvalue weighted by atomic mass is 19.4. The molecular formula is C12H14BF4O2-. The number of hydrogen-bond donors (Lipinski definition) is 0. The first-order valence-corrected chi connectivity index (χ1v) is 6.17. The maximum absolute atomic E-state index is 13.3. The Bertz CT molecular complexity index is 430. The molecule has 1 saturated heterocycles. The molecule has 106 valence electrons. The van der Waals surface area contributed by atoms with Crippen LogP contribution >= 0.6 is 0 Å². The minimum Gasteiger partial charge on any atom is -0.493 e. The fourth-order valence-electron chi connectivity index (χ4n) is 1.99. The molecule has 1 aliphatic heterocycles. The summed E-state index contributed by atoms with van der Waals surface area (Å²) in [4.78, 5) is 0. The zero-order valence-electron chi connectivity index (χ0n) is 10.3. The SMILES string of the molecule is Fc1cc(OCC2CCOCC2)ccc1[B-](F)(F)F. The van der Waals surface area contributed by atoms with Crippen LogP contribution in [-0.2, 0) is 4.74 Å². The van der Waals surface area contributed by atoms with E-state index in [0.717, 1.165) is 31.0 Å². The minimum absolute atomic E-state index is 0.132. The van der Waals surface area contributed by atoms with Crippen LogP contribution in [0.1, 0.15) is 12.8 Å². The molecule has 0 saturated carbocycles. The number of hydrogen-bond acceptors (Lipinski definition) is 2. The lowest BCUT2D eigenvalue weighted by molar-refractivity contribution is 0.0497. The third kappa shape index (κ3) is 3.86. The average molecular weight is 277 g/mol. The molecule has 0 aliphatic carbocycles. The first-order chi connectivity index (χ1) is 8.97. The molecule has 0 bridgehead atoms. The Morgan fingerprint density at radius 1 is 1.21 bits per heavy atom. The van der Waals surface area contributed by atoms with Crippen LogP contribution < -0.4 is 10.2 Å². The van der Waals surface area contributed by atoms with Crippen molar-refractivity contribution in [2.45, 2.75) is 12.8 Å². The summed E-state index contributed by atoms with van der Waals surface area (Å²) in [6, 6.07) is 2.69. The van der Waals surface area contributed by atoms with Gasteiger partial charge in [-0.05, 0) is 24.8 Å². The van der Waals surface area contributed by atoms with E-state index in [1.807, 2.05) is 0 Å². The van der Waals surface area contributed by atoms with E-state index in [4.69, 9.17) is 9.47 Å². The molecule has 1 fully saturated rings. The van der Waals surface area contributed by atoms with E-state index < -0.39 is 18.3 Å². The van der Waals surface area contributed by atoms with E-state index in [0.29, 0.717) is 25.7 Å². The predicted octanol–water partition coefficient (Wildman–Crippen LogP) is 2.69. The first kappa shape index (κ1) is 14.2. The van der Waals surface area contributed by atoms with Gasteiger partial charge in [0.15, 0.2) is 0 Å². The molecule has 19 heavy (non-hydrogen) atoms. The summed E-state index contributed by atoms with van der Waals surface area (Å²) in [6.07, 6.45) is 1.71. The van der Waals surface area contributed by atoms with Gasteiger partial charge in [0.2, 0.25) is 0 Å². The number of ether oxygens (including phenoxy) is 2. The number of halogens is 4. The molecule has 1 aromatic rings. The molecule has 7 heteroatoms. The molecule has 0 atom stereocenters. The highest BCUT2D eigenvalue weighted by Gasteiger charge is 2.29. The van der Waals surface area contributed by atoms with Gasteiger partial charge in [0, 0.05) is 19.3 Å². The van der Waals surface area contributed by atoms with Gasteiger partial charge in [0.25, 0.3) is 0 Å². The summed E-state index contributed by atoms with van der Waals surface area (Å²) in [5.74, 6) is -0.840. The van der Waals surface area contributed by atoms with Crippen LogP contribution in [-0.4, -0.2) is 26.8 Å². The largest absolute Gasteiger partial charge is 0.512 e. The van der Waals surface area contributed by atoms with E-state index in [9.17, 15) is 17.3 Å². The molecule has 1 aromatic carbocycles. The van der Waals surface area contributed by atoms with Crippen LogP contribution in [0, 0.1) is 11.7 Å². The van der Waals surface area contributed by atoms with Crippen molar-refractivity contribution in [1.82, 2.24) is 0 Å². The van der Waals surface area contributed by atoms with Gasteiger partial charge in [-0.25, -0.2) is 4.39 Å². The standard InChI is InChI=1S/C12H14BF4O2/c14-12-7-10(1-2-11(12)13(15,16)17)19-8-9-3-5-18-6-4-9/h1-2,7,9H,3-6,8H2/q-1. The zero-order chi connectivity index (χ0) is 13.9. The Kier molecular flexibility index (Phi) is 4.34. The van der Waals surface area contributed by atoms with Gasteiger partial charge in [-0.1, -0.05) is 11.5 Å². The van der Waals surface area contributed by atoms with Crippen molar-refractivity contribution in [3.63, 3.8) is 0 Å². The lowest BCUT2D eigenvalue weighted by Crippen LogP contribution is -2.36. The fourth-order valence-corrected chi connectivity index (χ4v) is 1.99. The van der Waals surface area contributed by atoms with Crippen molar-refractivity contribution in [3.05, 3.63) is 24.0 Å². The molecule has 0 unspecified atom stereocenters. The van der Waals surface area contributed by atoms with Gasteiger partial charge >= 0.3 is 6.98 Å². The van der Waals surface area contributed by atoms with Crippen molar-refractivity contribution in [1.29, 1.82) is 0 Å². The van der Waals surface area contributed by atoms with Crippen molar-refractivity contribution >= 4 is 12.4 Å². The molecule has 0 amide bonds. The Balaban J connectivity index is 1.96. The van der Waals surface area contributed by atoms with E-state index in [1.54, 1.807) is 0 Å². The molecule has 2 rings (SSSR count). The Labute approximate surface area is 108 Å². The molecular weight excluding hydrogens is 263 g/mol. The maximum atomic E-state index is 13.3. The summed E-state index contributed by atoms with van der Waals surface area (Å²) >= 11 is 0. The second-order valence-electron chi connectivity index (χ2n) is 4.62. The molecule has 0 spiro atoms. The summed E-state index contributed by atoms with van der Waals surface area (Å²) in [6.45, 7) is -3.62. The third-order valence-corrected chi connectivity index (χ3v) is 3.15. The molecule has 0 N–H and O–H groups in total. The van der Waals surface area contributed by atoms with Crippen LogP contribution in [0.4, 0.5) is 17.3 Å². The zero-order valence-corrected chi connectivity index (χ0v) is 10.3. The van der Waals surface area contributed by atoms with Crippen molar-refractivity contribution in [2.75, 3.05) is 19.8 Å². The topological polar surface area (TPSA) is 18.5 Å². The molecule has 1 heterocycles. The molecule has 2 nitrogen and oxygen atoms in total. The Hall–Kier alpha value is -1.24. The minimum atomic E-state index is -5.32. The van der Waals surface area contributed by atoms with Crippen LogP contribution in [0.2, 0.25) is 0 Å². The summed E-state index contributed by atoms with van der Waals surface area (Å²) in [7, 11) is 0. The van der Waals surface area contributed by atoms with E-state index >= 15 is 0 Å². The predicted molar refractivity (Wildman–Crippen MR) is 64.2 cm³/mol. The van der Waals surface area contributed by atoms with E-state index in [2.05, 4.69) is 0 Å². The van der Waals surface area contributed by atoms with E-state index in [-0.39, 0.29) is 5.75 Å². The number of benzene rings is 1. The van der Waals surface area contributed by atoms with Crippen molar-refractivity contribution in [3.8, 4) is 5.75 Å². The van der Waals surface area contributed by atoms with Crippen LogP contribution in [0.5, 0.6) is 5.75 Å². The smallest absolute Gasteiger partial charge is 0.493 e. The van der Waals surface area contributed by atoms with Gasteiger partial charge in [0.05, 0.1) is 12.4 Å². The monoisotopic (exact) mass is 277 g/mol. The molecule has 0 radical (unpaired) electrons. The van der Waals surface area contributed by atoms with Crippen molar-refractivity contribution in [2.24, 2.45) is 5.92 Å². The normalized spacial score (nSPS) is 17.5. The van der Waals surface area contributed by atoms with Crippen LogP contribution in [0.25, 0.3) is 0 Å². The van der Waals surface area contributed by atoms with E-state index in [1.165, 1.54) is 0 Å². The quantitative estimate of drug-likeness (QED) is 0.622. The molecule has 0 aromatic heterocycles. The Morgan fingerprint density at radius 3 is 2.47 bits per heavy atom. The molecule has 1 aliphatic rings. The van der Waals surface area contributed by atoms with Crippen LogP contribution in [0.15, 0.2) is 18.2 Å². The fraction of sp³-hybridized carbons (Fsp3) is 0.500. The second kappa shape index (κ2) is 5.82. The van der Waals surface area contributed by atoms with Gasteiger partial charge in [-0.15, -0.1) is 0 Å². The average Bonchev–Trinajstić information content (AvgIpc) is 2.36. The van der Waals surface area contributed by atoms with Gasteiger partial charge < -0.3 is 22.4 Å². The maximum Gasteiger partial charge on any atom is 0.512 e. The van der Waals surface area contributed by atoms with Crippen LogP contribution in [0.3, 0.4) is 0 Å². The van der Waals surface area contributed by atoms with Gasteiger partial charge in [0.1, 0.15) is 5.75 Å².